The standard InChI is InChI=1S/C24H23F3N4O/c1-13-8-14(10-16(28)9-13)17-6-7-29-12-22(17)31-24(32)21-5-4-19(26)23(30-21)18-3-2-15(25)11-20(18)27/h2-7,11-14,16H,8-10,28H2,1H3,(H,31,32)/t13-,14+,16+/m0/s1. The van der Waals surface area contributed by atoms with E-state index in [1.807, 2.05) is 6.07 Å². The lowest BCUT2D eigenvalue weighted by Crippen LogP contribution is -2.31. The molecule has 32 heavy (non-hydrogen) atoms. The monoisotopic (exact) mass is 440 g/mol. The lowest BCUT2D eigenvalue weighted by molar-refractivity contribution is 0.102. The molecule has 1 aliphatic carbocycles. The molecular weight excluding hydrogens is 417 g/mol. The maximum Gasteiger partial charge on any atom is 0.274 e. The summed E-state index contributed by atoms with van der Waals surface area (Å²) in [5.41, 5.74) is 6.96. The number of nitrogens with two attached hydrogens (primary N) is 1. The van der Waals surface area contributed by atoms with E-state index in [-0.39, 0.29) is 28.9 Å². The number of aromatic nitrogens is 2. The molecule has 0 radical (unpaired) electrons. The zero-order chi connectivity index (χ0) is 22.8. The van der Waals surface area contributed by atoms with Gasteiger partial charge in [-0.05, 0) is 67.0 Å². The van der Waals surface area contributed by atoms with Gasteiger partial charge in [-0.1, -0.05) is 6.92 Å². The van der Waals surface area contributed by atoms with E-state index in [9.17, 15) is 18.0 Å². The van der Waals surface area contributed by atoms with Crippen molar-refractivity contribution >= 4 is 11.6 Å². The molecule has 166 valence electrons. The molecule has 0 bridgehead atoms. The van der Waals surface area contributed by atoms with Crippen molar-refractivity contribution in [2.45, 2.75) is 38.1 Å². The third kappa shape index (κ3) is 4.65. The average Bonchev–Trinajstić information content (AvgIpc) is 2.74. The van der Waals surface area contributed by atoms with Crippen LogP contribution in [-0.4, -0.2) is 21.9 Å². The van der Waals surface area contributed by atoms with E-state index in [4.69, 9.17) is 5.73 Å². The van der Waals surface area contributed by atoms with E-state index >= 15 is 0 Å². The van der Waals surface area contributed by atoms with Crippen molar-refractivity contribution in [2.75, 3.05) is 5.32 Å². The maximum atomic E-state index is 14.3. The Bertz CT molecular complexity index is 1140. The Kier molecular flexibility index (Phi) is 6.23. The third-order valence-electron chi connectivity index (χ3n) is 5.79. The number of pyridine rings is 2. The number of nitrogens with one attached hydrogen (secondary N) is 1. The molecule has 0 saturated heterocycles. The second-order valence-corrected chi connectivity index (χ2v) is 8.34. The van der Waals surface area contributed by atoms with E-state index in [0.717, 1.165) is 43.0 Å². The van der Waals surface area contributed by atoms with Gasteiger partial charge in [0.05, 0.1) is 11.9 Å². The smallest absolute Gasteiger partial charge is 0.274 e. The molecule has 1 amide bonds. The summed E-state index contributed by atoms with van der Waals surface area (Å²) in [7, 11) is 0. The highest BCUT2D eigenvalue weighted by atomic mass is 19.1. The minimum Gasteiger partial charge on any atom is -0.328 e. The van der Waals surface area contributed by atoms with Gasteiger partial charge in [-0.3, -0.25) is 9.78 Å². The first-order valence-corrected chi connectivity index (χ1v) is 10.4. The molecule has 1 aliphatic rings. The molecule has 3 atom stereocenters. The Balaban J connectivity index is 1.62. The molecule has 2 aromatic heterocycles. The van der Waals surface area contributed by atoms with Crippen LogP contribution in [-0.2, 0) is 0 Å². The summed E-state index contributed by atoms with van der Waals surface area (Å²) in [5.74, 6) is -2.52. The van der Waals surface area contributed by atoms with Crippen LogP contribution in [0.1, 0.15) is 48.2 Å². The van der Waals surface area contributed by atoms with Gasteiger partial charge in [-0.25, -0.2) is 18.2 Å². The summed E-state index contributed by atoms with van der Waals surface area (Å²) in [6.45, 7) is 2.16. The van der Waals surface area contributed by atoms with Crippen molar-refractivity contribution in [3.8, 4) is 11.3 Å². The Morgan fingerprint density at radius 2 is 1.88 bits per heavy atom. The number of hydrogen-bond donors (Lipinski definition) is 2. The summed E-state index contributed by atoms with van der Waals surface area (Å²) >= 11 is 0. The van der Waals surface area contributed by atoms with Crippen LogP contribution in [0, 0.1) is 23.4 Å². The van der Waals surface area contributed by atoms with Gasteiger partial charge < -0.3 is 11.1 Å². The molecule has 1 saturated carbocycles. The Hall–Kier alpha value is -3.26. The van der Waals surface area contributed by atoms with E-state index in [1.165, 1.54) is 6.07 Å². The predicted octanol–water partition coefficient (Wildman–Crippen LogP) is 5.04. The molecular formula is C24H23F3N4O. The lowest BCUT2D eigenvalue weighted by Gasteiger charge is -2.32. The van der Waals surface area contributed by atoms with E-state index < -0.39 is 23.4 Å². The van der Waals surface area contributed by atoms with Gasteiger partial charge in [0.15, 0.2) is 0 Å². The maximum absolute atomic E-state index is 14.3. The highest BCUT2D eigenvalue weighted by Gasteiger charge is 2.27. The quantitative estimate of drug-likeness (QED) is 0.595. The summed E-state index contributed by atoms with van der Waals surface area (Å²) in [6, 6.07) is 6.93. The number of amides is 1. The van der Waals surface area contributed by atoms with Gasteiger partial charge in [0.1, 0.15) is 28.8 Å². The number of rotatable bonds is 4. The van der Waals surface area contributed by atoms with Gasteiger partial charge in [0.2, 0.25) is 0 Å². The zero-order valence-corrected chi connectivity index (χ0v) is 17.5. The summed E-state index contributed by atoms with van der Waals surface area (Å²) in [5, 5.41) is 2.79. The number of carbonyl (C=O) groups excluding carboxylic acids is 1. The van der Waals surface area contributed by atoms with Gasteiger partial charge >= 0.3 is 0 Å². The first-order valence-electron chi connectivity index (χ1n) is 10.4. The molecule has 5 nitrogen and oxygen atoms in total. The van der Waals surface area contributed by atoms with E-state index in [1.54, 1.807) is 12.4 Å². The van der Waals surface area contributed by atoms with Gasteiger partial charge in [0.25, 0.3) is 5.91 Å². The molecule has 0 spiro atoms. The Morgan fingerprint density at radius 1 is 1.06 bits per heavy atom. The van der Waals surface area contributed by atoms with Gasteiger partial charge in [0, 0.05) is 23.9 Å². The van der Waals surface area contributed by atoms with Crippen molar-refractivity contribution < 1.29 is 18.0 Å². The fourth-order valence-corrected chi connectivity index (χ4v) is 4.40. The minimum absolute atomic E-state index is 0.0902. The first-order chi connectivity index (χ1) is 15.3. The molecule has 8 heteroatoms. The molecule has 1 fully saturated rings. The van der Waals surface area contributed by atoms with Crippen molar-refractivity contribution in [1.82, 2.24) is 9.97 Å². The van der Waals surface area contributed by atoms with E-state index in [2.05, 4.69) is 22.2 Å². The van der Waals surface area contributed by atoms with Crippen molar-refractivity contribution in [3.63, 3.8) is 0 Å². The van der Waals surface area contributed by atoms with Crippen molar-refractivity contribution in [1.29, 1.82) is 0 Å². The number of benzene rings is 1. The number of carbonyl (C=O) groups is 1. The summed E-state index contributed by atoms with van der Waals surface area (Å²) < 4.78 is 41.7. The molecule has 2 heterocycles. The largest absolute Gasteiger partial charge is 0.328 e. The summed E-state index contributed by atoms with van der Waals surface area (Å²) in [6.07, 6.45) is 5.94. The number of anilines is 1. The zero-order valence-electron chi connectivity index (χ0n) is 17.5. The van der Waals surface area contributed by atoms with Crippen LogP contribution in [0.3, 0.4) is 0 Å². The van der Waals surface area contributed by atoms with Crippen LogP contribution in [0.25, 0.3) is 11.3 Å². The second-order valence-electron chi connectivity index (χ2n) is 8.34. The minimum atomic E-state index is -0.966. The van der Waals surface area contributed by atoms with Crippen LogP contribution in [0.4, 0.5) is 18.9 Å². The molecule has 3 N–H and O–H groups in total. The van der Waals surface area contributed by atoms with Gasteiger partial charge in [-0.2, -0.15) is 0 Å². The topological polar surface area (TPSA) is 80.9 Å². The fraction of sp³-hybridized carbons (Fsp3) is 0.292. The number of hydrogen-bond acceptors (Lipinski definition) is 4. The highest BCUT2D eigenvalue weighted by molar-refractivity contribution is 6.03. The molecule has 0 aliphatic heterocycles. The normalized spacial score (nSPS) is 20.7. The Morgan fingerprint density at radius 3 is 2.62 bits per heavy atom. The molecule has 3 aromatic rings. The second kappa shape index (κ2) is 9.08. The molecule has 0 unspecified atom stereocenters. The highest BCUT2D eigenvalue weighted by Crippen LogP contribution is 2.38. The number of nitrogens with zero attached hydrogens (tertiary/aromatic N) is 2. The number of halogens is 3. The predicted molar refractivity (Wildman–Crippen MR) is 115 cm³/mol. The van der Waals surface area contributed by atoms with Crippen LogP contribution in [0.5, 0.6) is 0 Å². The van der Waals surface area contributed by atoms with E-state index in [0.29, 0.717) is 17.7 Å². The Labute approximate surface area is 183 Å². The van der Waals surface area contributed by atoms with Crippen LogP contribution >= 0.6 is 0 Å². The van der Waals surface area contributed by atoms with Crippen molar-refractivity contribution in [2.24, 2.45) is 11.7 Å². The van der Waals surface area contributed by atoms with Crippen LogP contribution in [0.15, 0.2) is 48.8 Å². The lowest BCUT2D eigenvalue weighted by atomic mass is 9.76. The van der Waals surface area contributed by atoms with Crippen LogP contribution < -0.4 is 11.1 Å². The van der Waals surface area contributed by atoms with Crippen molar-refractivity contribution in [3.05, 3.63) is 77.5 Å². The fourth-order valence-electron chi connectivity index (χ4n) is 4.40. The molecule has 4 rings (SSSR count). The first kappa shape index (κ1) is 22.0. The van der Waals surface area contributed by atoms with Crippen LogP contribution in [0.2, 0.25) is 0 Å². The molecule has 1 aromatic carbocycles. The SMILES string of the molecule is C[C@@H]1C[C@@H](N)C[C@H](c2ccncc2NC(=O)c2ccc(F)c(-c3ccc(F)cc3F)n2)C1. The summed E-state index contributed by atoms with van der Waals surface area (Å²) in [4.78, 5) is 21.0. The van der Waals surface area contributed by atoms with Gasteiger partial charge in [-0.15, -0.1) is 0 Å². The third-order valence-corrected chi connectivity index (χ3v) is 5.79. The average molecular weight is 440 g/mol.